The van der Waals surface area contributed by atoms with Crippen molar-refractivity contribution in [1.29, 1.82) is 0 Å². The lowest BCUT2D eigenvalue weighted by Crippen LogP contribution is -2.48. The van der Waals surface area contributed by atoms with Crippen molar-refractivity contribution in [2.24, 2.45) is 5.73 Å². The Labute approximate surface area is 120 Å². The van der Waals surface area contributed by atoms with E-state index in [1.807, 2.05) is 6.92 Å². The smallest absolute Gasteiger partial charge is 0.409 e. The highest BCUT2D eigenvalue weighted by Gasteiger charge is 2.21. The number of piperazine rings is 1. The van der Waals surface area contributed by atoms with Gasteiger partial charge in [-0.15, -0.1) is 0 Å². The minimum atomic E-state index is -0.195. The Morgan fingerprint density at radius 2 is 1.75 bits per heavy atom. The van der Waals surface area contributed by atoms with E-state index < -0.39 is 0 Å². The minimum Gasteiger partial charge on any atom is -0.450 e. The third kappa shape index (κ3) is 3.95. The number of hydrogen-bond donors (Lipinski definition) is 1. The van der Waals surface area contributed by atoms with E-state index in [-0.39, 0.29) is 6.09 Å². The van der Waals surface area contributed by atoms with Crippen LogP contribution in [0.3, 0.4) is 0 Å². The van der Waals surface area contributed by atoms with Crippen LogP contribution in [0.25, 0.3) is 0 Å². The van der Waals surface area contributed by atoms with Gasteiger partial charge in [0.05, 0.1) is 6.61 Å². The van der Waals surface area contributed by atoms with Gasteiger partial charge in [-0.05, 0) is 18.1 Å². The predicted octanol–water partition coefficient (Wildman–Crippen LogP) is 1.42. The Hall–Kier alpha value is -1.59. The van der Waals surface area contributed by atoms with E-state index >= 15 is 0 Å². The minimum absolute atomic E-state index is 0.195. The fourth-order valence-corrected chi connectivity index (χ4v) is 2.34. The standard InChI is InChI=1S/C15H23N3O2/c1-2-20-15(19)18-9-7-17(8-10-18)12-14-5-3-13(11-16)4-6-14/h3-6H,2,7-12,16H2,1H3. The molecule has 0 unspecified atom stereocenters. The zero-order chi connectivity index (χ0) is 14.4. The maximum absolute atomic E-state index is 11.6. The van der Waals surface area contributed by atoms with Gasteiger partial charge >= 0.3 is 6.09 Å². The summed E-state index contributed by atoms with van der Waals surface area (Å²) >= 11 is 0. The number of carbonyl (C=O) groups is 1. The highest BCUT2D eigenvalue weighted by molar-refractivity contribution is 5.67. The molecule has 0 aliphatic carbocycles. The van der Waals surface area contributed by atoms with Gasteiger partial charge in [0.25, 0.3) is 0 Å². The Morgan fingerprint density at radius 1 is 1.15 bits per heavy atom. The number of rotatable bonds is 4. The van der Waals surface area contributed by atoms with Gasteiger partial charge in [0.15, 0.2) is 0 Å². The van der Waals surface area contributed by atoms with Crippen LogP contribution >= 0.6 is 0 Å². The second kappa shape index (κ2) is 7.26. The summed E-state index contributed by atoms with van der Waals surface area (Å²) < 4.78 is 5.02. The molecular weight excluding hydrogens is 254 g/mol. The summed E-state index contributed by atoms with van der Waals surface area (Å²) in [5.74, 6) is 0. The van der Waals surface area contributed by atoms with Crippen molar-refractivity contribution in [3.63, 3.8) is 0 Å². The molecule has 1 fully saturated rings. The highest BCUT2D eigenvalue weighted by atomic mass is 16.6. The summed E-state index contributed by atoms with van der Waals surface area (Å²) in [6.45, 7) is 7.01. The number of benzene rings is 1. The molecule has 1 heterocycles. The van der Waals surface area contributed by atoms with E-state index in [0.717, 1.165) is 38.3 Å². The quantitative estimate of drug-likeness (QED) is 0.904. The summed E-state index contributed by atoms with van der Waals surface area (Å²) in [5.41, 5.74) is 8.03. The van der Waals surface area contributed by atoms with E-state index in [4.69, 9.17) is 10.5 Å². The molecular formula is C15H23N3O2. The molecule has 110 valence electrons. The third-order valence-electron chi connectivity index (χ3n) is 3.56. The molecule has 1 aromatic carbocycles. The maximum atomic E-state index is 11.6. The molecule has 0 aromatic heterocycles. The molecule has 0 bridgehead atoms. The summed E-state index contributed by atoms with van der Waals surface area (Å²) in [6, 6.07) is 8.40. The highest BCUT2D eigenvalue weighted by Crippen LogP contribution is 2.10. The van der Waals surface area contributed by atoms with Gasteiger partial charge in [-0.25, -0.2) is 4.79 Å². The summed E-state index contributed by atoms with van der Waals surface area (Å²) in [6.07, 6.45) is -0.195. The molecule has 2 rings (SSSR count). The van der Waals surface area contributed by atoms with E-state index in [9.17, 15) is 4.79 Å². The van der Waals surface area contributed by atoms with Crippen LogP contribution in [0.2, 0.25) is 0 Å². The lowest BCUT2D eigenvalue weighted by atomic mass is 10.1. The molecule has 1 aliphatic rings. The Bertz CT molecular complexity index is 425. The van der Waals surface area contributed by atoms with E-state index in [2.05, 4.69) is 29.2 Å². The van der Waals surface area contributed by atoms with Gasteiger partial charge in [-0.1, -0.05) is 24.3 Å². The largest absolute Gasteiger partial charge is 0.450 e. The molecule has 0 spiro atoms. The van der Waals surface area contributed by atoms with Crippen LogP contribution < -0.4 is 5.73 Å². The van der Waals surface area contributed by atoms with Crippen molar-refractivity contribution in [2.45, 2.75) is 20.0 Å². The SMILES string of the molecule is CCOC(=O)N1CCN(Cc2ccc(CN)cc2)CC1. The van der Waals surface area contributed by atoms with Crippen molar-refractivity contribution in [3.05, 3.63) is 35.4 Å². The molecule has 20 heavy (non-hydrogen) atoms. The van der Waals surface area contributed by atoms with Crippen LogP contribution in [0, 0.1) is 0 Å². The van der Waals surface area contributed by atoms with Crippen LogP contribution in [0.4, 0.5) is 4.79 Å². The average molecular weight is 277 g/mol. The zero-order valence-corrected chi connectivity index (χ0v) is 12.0. The number of nitrogens with two attached hydrogens (primary N) is 1. The lowest BCUT2D eigenvalue weighted by Gasteiger charge is -2.34. The maximum Gasteiger partial charge on any atom is 0.409 e. The normalized spacial score (nSPS) is 16.2. The van der Waals surface area contributed by atoms with Crippen molar-refractivity contribution in [1.82, 2.24) is 9.80 Å². The number of ether oxygens (including phenoxy) is 1. The van der Waals surface area contributed by atoms with Crippen molar-refractivity contribution in [2.75, 3.05) is 32.8 Å². The molecule has 0 atom stereocenters. The van der Waals surface area contributed by atoms with Gasteiger partial charge < -0.3 is 15.4 Å². The first-order valence-electron chi connectivity index (χ1n) is 7.15. The second-order valence-corrected chi connectivity index (χ2v) is 4.98. The van der Waals surface area contributed by atoms with Gasteiger partial charge in [0.2, 0.25) is 0 Å². The molecule has 5 heteroatoms. The zero-order valence-electron chi connectivity index (χ0n) is 12.0. The molecule has 1 aliphatic heterocycles. The molecule has 1 amide bonds. The first-order valence-corrected chi connectivity index (χ1v) is 7.15. The molecule has 0 radical (unpaired) electrons. The topological polar surface area (TPSA) is 58.8 Å². The summed E-state index contributed by atoms with van der Waals surface area (Å²) in [7, 11) is 0. The van der Waals surface area contributed by atoms with Crippen LogP contribution in [0.15, 0.2) is 24.3 Å². The first-order chi connectivity index (χ1) is 9.72. The van der Waals surface area contributed by atoms with Crippen molar-refractivity contribution in [3.8, 4) is 0 Å². The first kappa shape index (κ1) is 14.8. The van der Waals surface area contributed by atoms with Crippen LogP contribution in [-0.4, -0.2) is 48.7 Å². The van der Waals surface area contributed by atoms with Crippen LogP contribution in [0.5, 0.6) is 0 Å². The number of hydrogen-bond acceptors (Lipinski definition) is 4. The fraction of sp³-hybridized carbons (Fsp3) is 0.533. The van der Waals surface area contributed by atoms with Gasteiger partial charge in [0.1, 0.15) is 0 Å². The fourth-order valence-electron chi connectivity index (χ4n) is 2.34. The van der Waals surface area contributed by atoms with E-state index in [1.54, 1.807) is 4.90 Å². The van der Waals surface area contributed by atoms with Crippen molar-refractivity contribution < 1.29 is 9.53 Å². The summed E-state index contributed by atoms with van der Waals surface area (Å²) in [5, 5.41) is 0. The monoisotopic (exact) mass is 277 g/mol. The Balaban J connectivity index is 1.80. The van der Waals surface area contributed by atoms with Gasteiger partial charge in [0, 0.05) is 39.3 Å². The third-order valence-corrected chi connectivity index (χ3v) is 3.56. The number of nitrogens with zero attached hydrogens (tertiary/aromatic N) is 2. The second-order valence-electron chi connectivity index (χ2n) is 4.98. The Morgan fingerprint density at radius 3 is 2.30 bits per heavy atom. The molecule has 5 nitrogen and oxygen atoms in total. The molecule has 1 aromatic rings. The van der Waals surface area contributed by atoms with Gasteiger partial charge in [-0.3, -0.25) is 4.90 Å². The van der Waals surface area contributed by atoms with E-state index in [1.165, 1.54) is 5.56 Å². The molecule has 1 saturated heterocycles. The van der Waals surface area contributed by atoms with Gasteiger partial charge in [-0.2, -0.15) is 0 Å². The van der Waals surface area contributed by atoms with Crippen molar-refractivity contribution >= 4 is 6.09 Å². The predicted molar refractivity (Wildman–Crippen MR) is 78.2 cm³/mol. The number of amides is 1. The molecule has 0 saturated carbocycles. The van der Waals surface area contributed by atoms with Crippen LogP contribution in [-0.2, 0) is 17.8 Å². The van der Waals surface area contributed by atoms with Crippen LogP contribution in [0.1, 0.15) is 18.1 Å². The Kier molecular flexibility index (Phi) is 5.38. The lowest BCUT2D eigenvalue weighted by molar-refractivity contribution is 0.0778. The molecule has 2 N–H and O–H groups in total. The summed E-state index contributed by atoms with van der Waals surface area (Å²) in [4.78, 5) is 15.7. The average Bonchev–Trinajstić information content (AvgIpc) is 2.49. The van der Waals surface area contributed by atoms with E-state index in [0.29, 0.717) is 13.2 Å². The number of carbonyl (C=O) groups excluding carboxylic acids is 1.